The Kier molecular flexibility index (Phi) is 6.37. The Bertz CT molecular complexity index is 1250. The van der Waals surface area contributed by atoms with Gasteiger partial charge in [0.2, 0.25) is 10.0 Å². The lowest BCUT2D eigenvalue weighted by Crippen LogP contribution is -2.18. The number of alkyl halides is 3. The zero-order valence-corrected chi connectivity index (χ0v) is 16.7. The molecule has 0 heterocycles. The Balaban J connectivity index is 1.94. The third-order valence-corrected chi connectivity index (χ3v) is 4.80. The summed E-state index contributed by atoms with van der Waals surface area (Å²) < 4.78 is 83.2. The van der Waals surface area contributed by atoms with Gasteiger partial charge in [-0.3, -0.25) is 4.79 Å². The van der Waals surface area contributed by atoms with Gasteiger partial charge in [0, 0.05) is 11.8 Å². The van der Waals surface area contributed by atoms with Crippen LogP contribution in [0.3, 0.4) is 0 Å². The molecule has 3 aromatic rings. The Labute approximate surface area is 179 Å². The van der Waals surface area contributed by atoms with Crippen LogP contribution in [0.4, 0.5) is 23.2 Å². The van der Waals surface area contributed by atoms with Crippen molar-refractivity contribution >= 4 is 21.6 Å². The first-order chi connectivity index (χ1) is 14.9. The second-order valence-corrected chi connectivity index (χ2v) is 7.85. The number of primary sulfonamides is 1. The number of halogens is 4. The Morgan fingerprint density at radius 3 is 2.22 bits per heavy atom. The number of rotatable bonds is 6. The number of ether oxygens (including phenoxy) is 2. The van der Waals surface area contributed by atoms with Crippen molar-refractivity contribution in [1.29, 1.82) is 0 Å². The van der Waals surface area contributed by atoms with Gasteiger partial charge in [-0.05, 0) is 54.6 Å². The molecule has 0 saturated heterocycles. The standard InChI is InChI=1S/C20H14F4N2O5S/c21-12-4-6-14(7-5-12)30-18-11-15(31-20(22,23)24)8-9-17(18)19(27)26-13-2-1-3-16(10-13)32(25,28)29/h1-11H,(H,26,27)(H2,25,28,29). The van der Waals surface area contributed by atoms with Crippen LogP contribution in [0.1, 0.15) is 10.4 Å². The van der Waals surface area contributed by atoms with Crippen LogP contribution in [0, 0.1) is 5.82 Å². The molecule has 0 radical (unpaired) electrons. The molecule has 0 saturated carbocycles. The maximum absolute atomic E-state index is 13.1. The Morgan fingerprint density at radius 1 is 0.938 bits per heavy atom. The SMILES string of the molecule is NS(=O)(=O)c1cccc(NC(=O)c2ccc(OC(F)(F)F)cc2Oc2ccc(F)cc2)c1. The third kappa shape index (κ3) is 6.18. The van der Waals surface area contributed by atoms with E-state index in [-0.39, 0.29) is 27.6 Å². The minimum atomic E-state index is -4.98. The van der Waals surface area contributed by atoms with Gasteiger partial charge in [-0.25, -0.2) is 17.9 Å². The number of anilines is 1. The summed E-state index contributed by atoms with van der Waals surface area (Å²) in [6.45, 7) is 0. The van der Waals surface area contributed by atoms with E-state index in [2.05, 4.69) is 10.1 Å². The van der Waals surface area contributed by atoms with Crippen molar-refractivity contribution in [3.05, 3.63) is 78.1 Å². The van der Waals surface area contributed by atoms with E-state index in [4.69, 9.17) is 9.88 Å². The molecule has 3 N–H and O–H groups in total. The van der Waals surface area contributed by atoms with Gasteiger partial charge in [-0.15, -0.1) is 13.2 Å². The molecule has 12 heteroatoms. The molecule has 32 heavy (non-hydrogen) atoms. The minimum Gasteiger partial charge on any atom is -0.456 e. The van der Waals surface area contributed by atoms with E-state index in [1.165, 1.54) is 30.3 Å². The van der Waals surface area contributed by atoms with Crippen LogP contribution in [0.5, 0.6) is 17.2 Å². The van der Waals surface area contributed by atoms with E-state index >= 15 is 0 Å². The highest BCUT2D eigenvalue weighted by molar-refractivity contribution is 7.89. The molecule has 0 aliphatic rings. The molecule has 0 fully saturated rings. The maximum atomic E-state index is 13.1. The summed E-state index contributed by atoms with van der Waals surface area (Å²) in [5, 5.41) is 7.47. The van der Waals surface area contributed by atoms with Crippen LogP contribution in [0.2, 0.25) is 0 Å². The average molecular weight is 470 g/mol. The number of nitrogens with one attached hydrogen (secondary N) is 1. The van der Waals surface area contributed by atoms with Gasteiger partial charge < -0.3 is 14.8 Å². The monoisotopic (exact) mass is 470 g/mol. The summed E-state index contributed by atoms with van der Waals surface area (Å²) in [5.41, 5.74) is -0.144. The lowest BCUT2D eigenvalue weighted by Gasteiger charge is -2.15. The van der Waals surface area contributed by atoms with Crippen LogP contribution < -0.4 is 19.9 Å². The van der Waals surface area contributed by atoms with E-state index in [1.54, 1.807) is 0 Å². The summed E-state index contributed by atoms with van der Waals surface area (Å²) in [4.78, 5) is 12.5. The number of hydrogen-bond donors (Lipinski definition) is 2. The molecular weight excluding hydrogens is 456 g/mol. The van der Waals surface area contributed by atoms with Crippen molar-refractivity contribution in [3.63, 3.8) is 0 Å². The topological polar surface area (TPSA) is 108 Å². The van der Waals surface area contributed by atoms with Gasteiger partial charge in [0.05, 0.1) is 10.5 Å². The van der Waals surface area contributed by atoms with Gasteiger partial charge in [0.1, 0.15) is 23.1 Å². The number of hydrogen-bond acceptors (Lipinski definition) is 5. The van der Waals surface area contributed by atoms with Gasteiger partial charge in [-0.2, -0.15) is 0 Å². The number of amides is 1. The van der Waals surface area contributed by atoms with Crippen molar-refractivity contribution < 1.29 is 40.2 Å². The van der Waals surface area contributed by atoms with Crippen molar-refractivity contribution in [2.75, 3.05) is 5.32 Å². The summed E-state index contributed by atoms with van der Waals surface area (Å²) in [6, 6.07) is 12.4. The summed E-state index contributed by atoms with van der Waals surface area (Å²) in [6.07, 6.45) is -4.98. The number of carbonyl (C=O) groups excluding carboxylic acids is 1. The normalized spacial score (nSPS) is 11.7. The molecular formula is C20H14F4N2O5S. The number of nitrogens with two attached hydrogens (primary N) is 1. The highest BCUT2D eigenvalue weighted by atomic mass is 32.2. The molecule has 3 aromatic carbocycles. The minimum absolute atomic E-state index is 0.0424. The molecule has 0 aromatic heterocycles. The fourth-order valence-electron chi connectivity index (χ4n) is 2.55. The van der Waals surface area contributed by atoms with E-state index in [0.717, 1.165) is 36.4 Å². The summed E-state index contributed by atoms with van der Waals surface area (Å²) in [7, 11) is -4.03. The Hall–Kier alpha value is -3.64. The Morgan fingerprint density at radius 2 is 1.59 bits per heavy atom. The van der Waals surface area contributed by atoms with Gasteiger partial charge >= 0.3 is 6.36 Å². The third-order valence-electron chi connectivity index (χ3n) is 3.89. The first-order valence-electron chi connectivity index (χ1n) is 8.68. The number of carbonyl (C=O) groups is 1. The van der Waals surface area contributed by atoms with E-state index in [1.807, 2.05) is 0 Å². The van der Waals surface area contributed by atoms with Crippen molar-refractivity contribution in [2.45, 2.75) is 11.3 Å². The molecule has 0 aliphatic heterocycles. The van der Waals surface area contributed by atoms with Gasteiger partial charge in [0.15, 0.2) is 0 Å². The summed E-state index contributed by atoms with van der Waals surface area (Å²) >= 11 is 0. The van der Waals surface area contributed by atoms with Crippen LogP contribution in [0.15, 0.2) is 71.6 Å². The average Bonchev–Trinajstić information content (AvgIpc) is 2.68. The largest absolute Gasteiger partial charge is 0.573 e. The van der Waals surface area contributed by atoms with E-state index in [9.17, 15) is 30.8 Å². The van der Waals surface area contributed by atoms with Gasteiger partial charge in [-0.1, -0.05) is 6.07 Å². The van der Waals surface area contributed by atoms with Crippen LogP contribution >= 0.6 is 0 Å². The number of sulfonamides is 1. The predicted molar refractivity (Wildman–Crippen MR) is 105 cm³/mol. The summed E-state index contributed by atoms with van der Waals surface area (Å²) in [5.74, 6) is -2.33. The van der Waals surface area contributed by atoms with Crippen molar-refractivity contribution in [2.24, 2.45) is 5.14 Å². The second-order valence-electron chi connectivity index (χ2n) is 6.29. The van der Waals surface area contributed by atoms with E-state index in [0.29, 0.717) is 0 Å². The van der Waals surface area contributed by atoms with Crippen LogP contribution in [-0.4, -0.2) is 20.7 Å². The fraction of sp³-hybridized carbons (Fsp3) is 0.0500. The molecule has 0 spiro atoms. The van der Waals surface area contributed by atoms with Crippen molar-refractivity contribution in [1.82, 2.24) is 0 Å². The fourth-order valence-corrected chi connectivity index (χ4v) is 3.11. The highest BCUT2D eigenvalue weighted by Gasteiger charge is 2.31. The molecule has 0 bridgehead atoms. The quantitative estimate of drug-likeness (QED) is 0.519. The first-order valence-corrected chi connectivity index (χ1v) is 10.2. The molecule has 1 amide bonds. The van der Waals surface area contributed by atoms with Crippen LogP contribution in [-0.2, 0) is 10.0 Å². The lowest BCUT2D eigenvalue weighted by atomic mass is 10.1. The van der Waals surface area contributed by atoms with Gasteiger partial charge in [0.25, 0.3) is 5.91 Å². The molecule has 0 aliphatic carbocycles. The predicted octanol–water partition coefficient (Wildman–Crippen LogP) is 4.42. The van der Waals surface area contributed by atoms with E-state index < -0.39 is 33.9 Å². The first kappa shape index (κ1) is 23.0. The molecule has 7 nitrogen and oxygen atoms in total. The molecule has 3 rings (SSSR count). The lowest BCUT2D eigenvalue weighted by molar-refractivity contribution is -0.274. The maximum Gasteiger partial charge on any atom is 0.573 e. The van der Waals surface area contributed by atoms with Crippen LogP contribution in [0.25, 0.3) is 0 Å². The molecule has 0 atom stereocenters. The number of benzene rings is 3. The molecule has 168 valence electrons. The van der Waals surface area contributed by atoms with Crippen molar-refractivity contribution in [3.8, 4) is 17.2 Å². The zero-order valence-electron chi connectivity index (χ0n) is 15.9. The second kappa shape index (κ2) is 8.85. The zero-order chi connectivity index (χ0) is 23.5. The smallest absolute Gasteiger partial charge is 0.456 e. The highest BCUT2D eigenvalue weighted by Crippen LogP contribution is 2.33. The molecule has 0 unspecified atom stereocenters.